The van der Waals surface area contributed by atoms with Gasteiger partial charge in [-0.25, -0.2) is 0 Å². The van der Waals surface area contributed by atoms with Crippen molar-refractivity contribution in [3.05, 3.63) is 289 Å². The molecule has 4 heteroatoms. The summed E-state index contributed by atoms with van der Waals surface area (Å²) in [6.45, 7) is 0. The van der Waals surface area contributed by atoms with Gasteiger partial charge in [0.1, 0.15) is 0 Å². The molecule has 18 rings (SSSR count). The lowest BCUT2D eigenvalue weighted by Crippen LogP contribution is -2.26. The zero-order valence-corrected chi connectivity index (χ0v) is 41.7. The summed E-state index contributed by atoms with van der Waals surface area (Å²) in [6.07, 6.45) is 0. The number of fused-ring (bicyclic) bond motifs is 22. The molecule has 4 nitrogen and oxygen atoms in total. The van der Waals surface area contributed by atoms with Gasteiger partial charge in [-0.2, -0.15) is 0 Å². The van der Waals surface area contributed by atoms with Crippen LogP contribution in [0.5, 0.6) is 0 Å². The van der Waals surface area contributed by atoms with Gasteiger partial charge in [-0.05, 0) is 154 Å². The first-order chi connectivity index (χ1) is 38.2. The molecule has 356 valence electrons. The van der Waals surface area contributed by atoms with Crippen molar-refractivity contribution in [1.82, 2.24) is 18.3 Å². The van der Waals surface area contributed by atoms with Gasteiger partial charge in [0, 0.05) is 65.8 Å². The summed E-state index contributed by atoms with van der Waals surface area (Å²) < 4.78 is 9.88. The predicted molar refractivity (Wildman–Crippen MR) is 320 cm³/mol. The van der Waals surface area contributed by atoms with Crippen LogP contribution in [-0.4, -0.2) is 18.3 Å². The lowest BCUT2D eigenvalue weighted by Gasteiger charge is -2.30. The Bertz CT molecular complexity index is 4890. The van der Waals surface area contributed by atoms with Crippen molar-refractivity contribution in [2.75, 3.05) is 0 Å². The second kappa shape index (κ2) is 15.0. The highest BCUT2D eigenvalue weighted by molar-refractivity contribution is 6.17. The molecule has 0 atom stereocenters. The molecule has 12 aromatic carbocycles. The SMILES string of the molecule is c1ccc(-n2c3ccccc3c3cc(-n4c5ccccc5c5cc6c(cc54)C4(c5ccccc5-c5ccccc54)c4cc5c(cc4-6)c4ccccc4n5-c4ccc5c(c4)c4ccccc4n5-c4ccccc4)ccc32)cc1. The van der Waals surface area contributed by atoms with Crippen molar-refractivity contribution < 1.29 is 0 Å². The Kier molecular flexibility index (Phi) is 8.03. The van der Waals surface area contributed by atoms with E-state index in [4.69, 9.17) is 0 Å². The van der Waals surface area contributed by atoms with E-state index >= 15 is 0 Å². The van der Waals surface area contributed by atoms with Crippen LogP contribution >= 0.6 is 0 Å². The molecule has 0 aliphatic heterocycles. The fraction of sp³-hybridized carbons (Fsp3) is 0.0137. The number of hydrogen-bond donors (Lipinski definition) is 0. The summed E-state index contributed by atoms with van der Waals surface area (Å²) in [6, 6.07) is 100. The summed E-state index contributed by atoms with van der Waals surface area (Å²) >= 11 is 0. The van der Waals surface area contributed by atoms with Crippen LogP contribution in [0.1, 0.15) is 22.3 Å². The lowest BCUT2D eigenvalue weighted by molar-refractivity contribution is 0.795. The molecule has 16 aromatic rings. The molecular weight excluding hydrogens is 933 g/mol. The highest BCUT2D eigenvalue weighted by Crippen LogP contribution is 2.64. The van der Waals surface area contributed by atoms with Crippen LogP contribution in [0, 0.1) is 0 Å². The highest BCUT2D eigenvalue weighted by atomic mass is 15.0. The van der Waals surface area contributed by atoms with Crippen molar-refractivity contribution in [2.24, 2.45) is 0 Å². The first-order valence-electron chi connectivity index (χ1n) is 26.8. The monoisotopic (exact) mass is 976 g/mol. The topological polar surface area (TPSA) is 19.7 Å². The van der Waals surface area contributed by atoms with Gasteiger partial charge in [0.05, 0.1) is 49.5 Å². The lowest BCUT2D eigenvalue weighted by atomic mass is 9.70. The van der Waals surface area contributed by atoms with Gasteiger partial charge < -0.3 is 18.3 Å². The Labute approximate surface area is 442 Å². The van der Waals surface area contributed by atoms with E-state index in [9.17, 15) is 0 Å². The molecule has 4 aromatic heterocycles. The molecule has 0 unspecified atom stereocenters. The maximum absolute atomic E-state index is 2.58. The third kappa shape index (κ3) is 5.26. The maximum Gasteiger partial charge on any atom is 0.0727 e. The molecule has 0 saturated heterocycles. The van der Waals surface area contributed by atoms with Crippen molar-refractivity contribution >= 4 is 87.2 Å². The molecule has 1 spiro atoms. The van der Waals surface area contributed by atoms with Crippen molar-refractivity contribution in [3.8, 4) is 45.0 Å². The molecule has 0 fully saturated rings. The van der Waals surface area contributed by atoms with Crippen LogP contribution in [0.4, 0.5) is 0 Å². The Morgan fingerprint density at radius 2 is 0.494 bits per heavy atom. The number of para-hydroxylation sites is 6. The smallest absolute Gasteiger partial charge is 0.0727 e. The maximum atomic E-state index is 2.58. The van der Waals surface area contributed by atoms with Crippen molar-refractivity contribution in [1.29, 1.82) is 0 Å². The first-order valence-corrected chi connectivity index (χ1v) is 26.8. The van der Waals surface area contributed by atoms with Gasteiger partial charge in [0.15, 0.2) is 0 Å². The minimum atomic E-state index is -0.594. The van der Waals surface area contributed by atoms with E-state index in [2.05, 4.69) is 285 Å². The summed E-state index contributed by atoms with van der Waals surface area (Å²) in [5.74, 6) is 0. The van der Waals surface area contributed by atoms with Gasteiger partial charge in [-0.3, -0.25) is 0 Å². The summed E-state index contributed by atoms with van der Waals surface area (Å²) in [5.41, 5.74) is 24.1. The van der Waals surface area contributed by atoms with Crippen LogP contribution < -0.4 is 0 Å². The third-order valence-corrected chi connectivity index (χ3v) is 17.5. The van der Waals surface area contributed by atoms with Crippen LogP contribution in [0.3, 0.4) is 0 Å². The van der Waals surface area contributed by atoms with E-state index in [1.807, 2.05) is 0 Å². The van der Waals surface area contributed by atoms with E-state index in [-0.39, 0.29) is 0 Å². The van der Waals surface area contributed by atoms with E-state index < -0.39 is 5.41 Å². The second-order valence-corrected chi connectivity index (χ2v) is 21.2. The van der Waals surface area contributed by atoms with Gasteiger partial charge in [-0.1, -0.05) is 158 Å². The highest BCUT2D eigenvalue weighted by Gasteiger charge is 2.52. The molecule has 2 aliphatic carbocycles. The van der Waals surface area contributed by atoms with Crippen LogP contribution in [-0.2, 0) is 5.41 Å². The molecule has 0 radical (unpaired) electrons. The Hall–Kier alpha value is -10.2. The molecule has 0 bridgehead atoms. The quantitative estimate of drug-likeness (QED) is 0.167. The zero-order chi connectivity index (χ0) is 50.1. The minimum Gasteiger partial charge on any atom is -0.309 e. The Morgan fingerprint density at radius 1 is 0.182 bits per heavy atom. The van der Waals surface area contributed by atoms with E-state index in [0.717, 1.165) is 22.7 Å². The predicted octanol–water partition coefficient (Wildman–Crippen LogP) is 18.4. The number of hydrogen-bond acceptors (Lipinski definition) is 0. The van der Waals surface area contributed by atoms with E-state index in [1.165, 1.54) is 132 Å². The molecule has 0 amide bonds. The Balaban J connectivity index is 0.929. The average Bonchev–Trinajstić information content (AvgIpc) is 3.97. The fourth-order valence-corrected chi connectivity index (χ4v) is 14.5. The van der Waals surface area contributed by atoms with Gasteiger partial charge in [0.25, 0.3) is 0 Å². The molecule has 2 aliphatic rings. The summed E-state index contributed by atoms with van der Waals surface area (Å²) in [7, 11) is 0. The minimum absolute atomic E-state index is 0.594. The van der Waals surface area contributed by atoms with Gasteiger partial charge >= 0.3 is 0 Å². The molecular formula is C73H44N4. The first kappa shape index (κ1) is 41.2. The van der Waals surface area contributed by atoms with Crippen LogP contribution in [0.25, 0.3) is 132 Å². The number of aromatic nitrogens is 4. The Morgan fingerprint density at radius 3 is 0.896 bits per heavy atom. The standard InChI is InChI=1S/C73H44N4/c1-3-19-45(20-4-1)74-65-31-15-9-25-51(65)57-39-47(35-37-69(57)74)76-67-33-17-11-27-53(67)59-41-55-56-42-60-54-28-12-18-34-68(54)77(48-36-38-70-58(40-48)52-26-10-16-32-66(52)75(70)46-21-5-2-6-22-46)72(60)44-64(56)73(63(55)43-71(59)76)61-29-13-7-23-49(61)50-24-8-14-30-62(50)73/h1-44H. The van der Waals surface area contributed by atoms with E-state index in [1.54, 1.807) is 0 Å². The second-order valence-electron chi connectivity index (χ2n) is 21.2. The molecule has 0 saturated carbocycles. The number of benzene rings is 12. The van der Waals surface area contributed by atoms with Crippen LogP contribution in [0.2, 0.25) is 0 Å². The number of rotatable bonds is 4. The van der Waals surface area contributed by atoms with Gasteiger partial charge in [-0.15, -0.1) is 0 Å². The largest absolute Gasteiger partial charge is 0.309 e. The molecule has 77 heavy (non-hydrogen) atoms. The van der Waals surface area contributed by atoms with Crippen molar-refractivity contribution in [3.63, 3.8) is 0 Å². The molecule has 4 heterocycles. The van der Waals surface area contributed by atoms with E-state index in [0.29, 0.717) is 0 Å². The number of nitrogens with zero attached hydrogens (tertiary/aromatic N) is 4. The van der Waals surface area contributed by atoms with Crippen LogP contribution in [0.15, 0.2) is 267 Å². The third-order valence-electron chi connectivity index (χ3n) is 17.5. The van der Waals surface area contributed by atoms with Gasteiger partial charge in [0.2, 0.25) is 0 Å². The van der Waals surface area contributed by atoms with Crippen molar-refractivity contribution in [2.45, 2.75) is 5.41 Å². The average molecular weight is 977 g/mol. The summed E-state index contributed by atoms with van der Waals surface area (Å²) in [4.78, 5) is 0. The fourth-order valence-electron chi connectivity index (χ4n) is 14.5. The zero-order valence-electron chi connectivity index (χ0n) is 41.7. The normalized spacial score (nSPS) is 13.3. The molecule has 0 N–H and O–H groups in total. The summed E-state index contributed by atoms with van der Waals surface area (Å²) in [5, 5.41) is 9.94.